The molecule has 132 valence electrons. The molecule has 0 aliphatic carbocycles. The van der Waals surface area contributed by atoms with E-state index in [1.165, 1.54) is 14.2 Å². The van der Waals surface area contributed by atoms with Gasteiger partial charge in [0.05, 0.1) is 20.6 Å². The van der Waals surface area contributed by atoms with E-state index in [1.807, 2.05) is 24.3 Å². The largest absolute Gasteiger partial charge is 0.493 e. The standard InChI is InChI=1S/C19H19BrO5/c1-23-17-9-5-14(11-18(17)24-2)16(21)8-10-19(22)25-12-13-3-6-15(20)7-4-13/h3-7,9,11H,8,10,12H2,1-2H3. The Morgan fingerprint density at radius 3 is 2.24 bits per heavy atom. The topological polar surface area (TPSA) is 61.8 Å². The van der Waals surface area contributed by atoms with E-state index < -0.39 is 5.97 Å². The molecule has 0 amide bonds. The quantitative estimate of drug-likeness (QED) is 0.486. The first-order valence-electron chi connectivity index (χ1n) is 7.68. The molecule has 0 aromatic heterocycles. The third kappa shape index (κ3) is 5.60. The first-order chi connectivity index (χ1) is 12.0. The molecule has 0 aliphatic rings. The average Bonchev–Trinajstić information content (AvgIpc) is 2.64. The van der Waals surface area contributed by atoms with Crippen LogP contribution in [0, 0.1) is 0 Å². The number of methoxy groups -OCH3 is 2. The van der Waals surface area contributed by atoms with Gasteiger partial charge in [-0.05, 0) is 35.9 Å². The number of ether oxygens (including phenoxy) is 3. The van der Waals surface area contributed by atoms with Crippen LogP contribution in [-0.4, -0.2) is 26.0 Å². The highest BCUT2D eigenvalue weighted by Crippen LogP contribution is 2.28. The van der Waals surface area contributed by atoms with Gasteiger partial charge in [-0.1, -0.05) is 28.1 Å². The third-order valence-electron chi connectivity index (χ3n) is 3.57. The van der Waals surface area contributed by atoms with Crippen LogP contribution in [0.5, 0.6) is 11.5 Å². The number of esters is 1. The van der Waals surface area contributed by atoms with E-state index in [4.69, 9.17) is 14.2 Å². The van der Waals surface area contributed by atoms with E-state index in [1.54, 1.807) is 18.2 Å². The summed E-state index contributed by atoms with van der Waals surface area (Å²) in [4.78, 5) is 24.0. The van der Waals surface area contributed by atoms with E-state index in [9.17, 15) is 9.59 Å². The predicted octanol–water partition coefficient (Wildman–Crippen LogP) is 4.17. The van der Waals surface area contributed by atoms with Crippen LogP contribution in [0.3, 0.4) is 0 Å². The van der Waals surface area contributed by atoms with Crippen LogP contribution in [0.1, 0.15) is 28.8 Å². The second-order valence-electron chi connectivity index (χ2n) is 5.28. The molecule has 0 radical (unpaired) electrons. The molecule has 0 heterocycles. The molecule has 25 heavy (non-hydrogen) atoms. The number of hydrogen-bond acceptors (Lipinski definition) is 5. The highest BCUT2D eigenvalue weighted by molar-refractivity contribution is 9.10. The number of Topliss-reactive ketones (excluding diaryl/α,β-unsaturated/α-hetero) is 1. The minimum atomic E-state index is -0.406. The second kappa shape index (κ2) is 9.22. The number of halogens is 1. The zero-order valence-corrected chi connectivity index (χ0v) is 15.7. The van der Waals surface area contributed by atoms with Crippen LogP contribution in [-0.2, 0) is 16.1 Å². The van der Waals surface area contributed by atoms with E-state index in [0.29, 0.717) is 17.1 Å². The number of rotatable bonds is 8. The van der Waals surface area contributed by atoms with Gasteiger partial charge in [0.2, 0.25) is 0 Å². The van der Waals surface area contributed by atoms with Gasteiger partial charge in [0.25, 0.3) is 0 Å². The van der Waals surface area contributed by atoms with Gasteiger partial charge in [-0.25, -0.2) is 0 Å². The summed E-state index contributed by atoms with van der Waals surface area (Å²) in [5.41, 5.74) is 1.36. The van der Waals surface area contributed by atoms with Crippen molar-refractivity contribution in [3.8, 4) is 11.5 Å². The van der Waals surface area contributed by atoms with Gasteiger partial charge in [0.1, 0.15) is 6.61 Å². The maximum absolute atomic E-state index is 12.2. The number of hydrogen-bond donors (Lipinski definition) is 0. The minimum absolute atomic E-state index is 0.0315. The summed E-state index contributed by atoms with van der Waals surface area (Å²) >= 11 is 3.35. The molecule has 0 bridgehead atoms. The van der Waals surface area contributed by atoms with Crippen LogP contribution < -0.4 is 9.47 Å². The summed E-state index contributed by atoms with van der Waals surface area (Å²) in [6.45, 7) is 0.191. The zero-order chi connectivity index (χ0) is 18.2. The van der Waals surface area contributed by atoms with Gasteiger partial charge in [-0.2, -0.15) is 0 Å². The number of benzene rings is 2. The van der Waals surface area contributed by atoms with Gasteiger partial charge in [0, 0.05) is 16.5 Å². The monoisotopic (exact) mass is 406 g/mol. The molecule has 0 unspecified atom stereocenters. The number of carbonyl (C=O) groups is 2. The Morgan fingerprint density at radius 2 is 1.60 bits per heavy atom. The van der Waals surface area contributed by atoms with Gasteiger partial charge in [-0.15, -0.1) is 0 Å². The van der Waals surface area contributed by atoms with Crippen LogP contribution in [0.15, 0.2) is 46.9 Å². The predicted molar refractivity (Wildman–Crippen MR) is 97.0 cm³/mol. The summed E-state index contributed by atoms with van der Waals surface area (Å²) in [7, 11) is 3.03. The highest BCUT2D eigenvalue weighted by Gasteiger charge is 2.13. The fourth-order valence-corrected chi connectivity index (χ4v) is 2.45. The van der Waals surface area contributed by atoms with Crippen molar-refractivity contribution in [3.05, 3.63) is 58.1 Å². The molecule has 2 aromatic carbocycles. The summed E-state index contributed by atoms with van der Waals surface area (Å²) < 4.78 is 16.5. The average molecular weight is 407 g/mol. The normalized spacial score (nSPS) is 10.2. The van der Waals surface area contributed by atoms with E-state index >= 15 is 0 Å². The summed E-state index contributed by atoms with van der Waals surface area (Å²) in [5, 5.41) is 0. The van der Waals surface area contributed by atoms with E-state index in [0.717, 1.165) is 10.0 Å². The maximum atomic E-state index is 12.2. The zero-order valence-electron chi connectivity index (χ0n) is 14.1. The molecular weight excluding hydrogens is 388 g/mol. The van der Waals surface area contributed by atoms with Gasteiger partial charge >= 0.3 is 5.97 Å². The fourth-order valence-electron chi connectivity index (χ4n) is 2.19. The third-order valence-corrected chi connectivity index (χ3v) is 4.10. The molecule has 0 atom stereocenters. The molecule has 0 saturated heterocycles. The van der Waals surface area contributed by atoms with Crippen molar-refractivity contribution in [2.45, 2.75) is 19.4 Å². The molecule has 0 spiro atoms. The smallest absolute Gasteiger partial charge is 0.306 e. The van der Waals surface area contributed by atoms with Crippen molar-refractivity contribution in [1.82, 2.24) is 0 Å². The van der Waals surface area contributed by atoms with Gasteiger partial charge in [0.15, 0.2) is 17.3 Å². The fraction of sp³-hybridized carbons (Fsp3) is 0.263. The van der Waals surface area contributed by atoms with Crippen molar-refractivity contribution < 1.29 is 23.8 Å². The SMILES string of the molecule is COc1ccc(C(=O)CCC(=O)OCc2ccc(Br)cc2)cc1OC. The summed E-state index contributed by atoms with van der Waals surface area (Å²) in [6, 6.07) is 12.4. The Labute approximate surface area is 155 Å². The molecule has 0 N–H and O–H groups in total. The molecular formula is C19H19BrO5. The molecule has 0 aliphatic heterocycles. The van der Waals surface area contributed by atoms with Crippen molar-refractivity contribution >= 4 is 27.7 Å². The Hall–Kier alpha value is -2.34. The van der Waals surface area contributed by atoms with Crippen LogP contribution in [0.2, 0.25) is 0 Å². The van der Waals surface area contributed by atoms with E-state index in [2.05, 4.69) is 15.9 Å². The van der Waals surface area contributed by atoms with Crippen molar-refractivity contribution in [2.24, 2.45) is 0 Å². The van der Waals surface area contributed by atoms with Crippen molar-refractivity contribution in [2.75, 3.05) is 14.2 Å². The number of carbonyl (C=O) groups excluding carboxylic acids is 2. The van der Waals surface area contributed by atoms with Crippen LogP contribution >= 0.6 is 15.9 Å². The lowest BCUT2D eigenvalue weighted by molar-refractivity contribution is -0.144. The lowest BCUT2D eigenvalue weighted by Gasteiger charge is -2.09. The molecule has 5 nitrogen and oxygen atoms in total. The van der Waals surface area contributed by atoms with Crippen LogP contribution in [0.25, 0.3) is 0 Å². The van der Waals surface area contributed by atoms with Crippen molar-refractivity contribution in [3.63, 3.8) is 0 Å². The molecule has 2 rings (SSSR count). The Bertz CT molecular complexity index is 740. The Balaban J connectivity index is 1.84. The molecule has 0 fully saturated rings. The number of ketones is 1. The first-order valence-corrected chi connectivity index (χ1v) is 8.48. The first kappa shape index (κ1) is 19.0. The molecule has 0 saturated carbocycles. The van der Waals surface area contributed by atoms with E-state index in [-0.39, 0.29) is 25.2 Å². The Morgan fingerprint density at radius 1 is 0.920 bits per heavy atom. The lowest BCUT2D eigenvalue weighted by Crippen LogP contribution is -2.08. The summed E-state index contributed by atoms with van der Waals surface area (Å²) in [6.07, 6.45) is 0.109. The van der Waals surface area contributed by atoms with Crippen molar-refractivity contribution in [1.29, 1.82) is 0 Å². The van der Waals surface area contributed by atoms with Crippen LogP contribution in [0.4, 0.5) is 0 Å². The van der Waals surface area contributed by atoms with Gasteiger partial charge in [-0.3, -0.25) is 9.59 Å². The minimum Gasteiger partial charge on any atom is -0.493 e. The summed E-state index contributed by atoms with van der Waals surface area (Å²) in [5.74, 6) is 0.470. The van der Waals surface area contributed by atoms with Gasteiger partial charge < -0.3 is 14.2 Å². The molecule has 6 heteroatoms. The highest BCUT2D eigenvalue weighted by atomic mass is 79.9. The maximum Gasteiger partial charge on any atom is 0.306 e. The second-order valence-corrected chi connectivity index (χ2v) is 6.20. The Kier molecular flexibility index (Phi) is 7.01. The molecule has 2 aromatic rings. The lowest BCUT2D eigenvalue weighted by atomic mass is 10.1.